The highest BCUT2D eigenvalue weighted by Crippen LogP contribution is 2.19. The van der Waals surface area contributed by atoms with Crippen molar-refractivity contribution in [2.45, 2.75) is 13.0 Å². The van der Waals surface area contributed by atoms with Gasteiger partial charge in [0.25, 0.3) is 5.91 Å². The van der Waals surface area contributed by atoms with E-state index in [1.165, 1.54) is 0 Å². The fraction of sp³-hybridized carbons (Fsp3) is 0.231. The molecule has 0 aliphatic heterocycles. The molecule has 0 aliphatic carbocycles. The van der Waals surface area contributed by atoms with Crippen molar-refractivity contribution in [3.05, 3.63) is 52.0 Å². The number of nitrogens with zero attached hydrogens (tertiary/aromatic N) is 2. The monoisotopic (exact) mass is 341 g/mol. The molecule has 1 N–H and O–H groups in total. The quantitative estimate of drug-likeness (QED) is 0.849. The molecule has 1 aromatic carbocycles. The van der Waals surface area contributed by atoms with E-state index in [1.807, 2.05) is 10.8 Å². The molecular formula is C13H13BrClN3O. The molecule has 100 valence electrons. The smallest absolute Gasteiger partial charge is 0.251 e. The molecule has 0 saturated carbocycles. The van der Waals surface area contributed by atoms with Crippen LogP contribution in [0.25, 0.3) is 0 Å². The highest BCUT2D eigenvalue weighted by molar-refractivity contribution is 9.10. The Labute approximate surface area is 124 Å². The normalized spacial score (nSPS) is 10.4. The van der Waals surface area contributed by atoms with E-state index in [-0.39, 0.29) is 5.91 Å². The van der Waals surface area contributed by atoms with Gasteiger partial charge in [0.15, 0.2) is 0 Å². The minimum atomic E-state index is -0.117. The number of hydrogen-bond donors (Lipinski definition) is 1. The molecule has 0 fully saturated rings. The fourth-order valence-electron chi connectivity index (χ4n) is 1.67. The number of rotatable bonds is 5. The van der Waals surface area contributed by atoms with Crippen molar-refractivity contribution >= 4 is 33.4 Å². The second-order valence-electron chi connectivity index (χ2n) is 4.07. The van der Waals surface area contributed by atoms with Gasteiger partial charge in [-0.2, -0.15) is 0 Å². The number of carbonyl (C=O) groups is 1. The van der Waals surface area contributed by atoms with Crippen LogP contribution >= 0.6 is 27.5 Å². The van der Waals surface area contributed by atoms with E-state index < -0.39 is 0 Å². The molecule has 1 amide bonds. The van der Waals surface area contributed by atoms with Crippen LogP contribution in [-0.2, 0) is 6.54 Å². The van der Waals surface area contributed by atoms with Gasteiger partial charge in [-0.15, -0.1) is 0 Å². The first kappa shape index (κ1) is 14.1. The van der Waals surface area contributed by atoms with Crippen LogP contribution < -0.4 is 5.32 Å². The molecule has 6 heteroatoms. The molecular weight excluding hydrogens is 330 g/mol. The summed E-state index contributed by atoms with van der Waals surface area (Å²) >= 11 is 9.22. The van der Waals surface area contributed by atoms with E-state index in [0.717, 1.165) is 17.4 Å². The van der Waals surface area contributed by atoms with Gasteiger partial charge in [-0.25, -0.2) is 4.98 Å². The number of hydrogen-bond acceptors (Lipinski definition) is 2. The zero-order valence-corrected chi connectivity index (χ0v) is 12.5. The number of halogens is 2. The molecule has 4 nitrogen and oxygen atoms in total. The van der Waals surface area contributed by atoms with Gasteiger partial charge in [0.05, 0.1) is 6.33 Å². The maximum atomic E-state index is 11.9. The van der Waals surface area contributed by atoms with Gasteiger partial charge in [0, 0.05) is 40.5 Å². The predicted molar refractivity (Wildman–Crippen MR) is 78.3 cm³/mol. The summed E-state index contributed by atoms with van der Waals surface area (Å²) in [7, 11) is 0. The Bertz CT molecular complexity index is 537. The maximum Gasteiger partial charge on any atom is 0.251 e. The number of imidazole rings is 1. The summed E-state index contributed by atoms with van der Waals surface area (Å²) in [6, 6.07) is 5.14. The highest BCUT2D eigenvalue weighted by atomic mass is 79.9. The van der Waals surface area contributed by atoms with Gasteiger partial charge in [-0.05, 0) is 24.6 Å². The van der Waals surface area contributed by atoms with Crippen molar-refractivity contribution in [2.24, 2.45) is 0 Å². The van der Waals surface area contributed by atoms with Gasteiger partial charge in [0.1, 0.15) is 0 Å². The minimum absolute atomic E-state index is 0.117. The molecule has 0 aliphatic rings. The molecule has 0 atom stereocenters. The van der Waals surface area contributed by atoms with Crippen molar-refractivity contribution in [1.82, 2.24) is 14.9 Å². The summed E-state index contributed by atoms with van der Waals surface area (Å²) in [4.78, 5) is 15.9. The van der Waals surface area contributed by atoms with E-state index in [2.05, 4.69) is 26.2 Å². The second kappa shape index (κ2) is 6.73. The Kier molecular flexibility index (Phi) is 4.99. The second-order valence-corrected chi connectivity index (χ2v) is 5.42. The summed E-state index contributed by atoms with van der Waals surface area (Å²) in [6.07, 6.45) is 6.25. The summed E-state index contributed by atoms with van der Waals surface area (Å²) in [5.74, 6) is -0.117. The molecule has 0 unspecified atom stereocenters. The number of amides is 1. The van der Waals surface area contributed by atoms with Gasteiger partial charge < -0.3 is 9.88 Å². The van der Waals surface area contributed by atoms with Gasteiger partial charge in [-0.3, -0.25) is 4.79 Å². The van der Waals surface area contributed by atoms with Gasteiger partial charge >= 0.3 is 0 Å². The Balaban J connectivity index is 1.80. The van der Waals surface area contributed by atoms with Crippen LogP contribution in [0, 0.1) is 0 Å². The third-order valence-corrected chi connectivity index (χ3v) is 3.24. The summed E-state index contributed by atoms with van der Waals surface area (Å²) < 4.78 is 2.77. The Hall–Kier alpha value is -1.33. The molecule has 0 saturated heterocycles. The van der Waals surface area contributed by atoms with Crippen LogP contribution in [0.1, 0.15) is 16.8 Å². The highest BCUT2D eigenvalue weighted by Gasteiger charge is 2.06. The molecule has 0 spiro atoms. The van der Waals surface area contributed by atoms with E-state index in [9.17, 15) is 4.79 Å². The van der Waals surface area contributed by atoms with Crippen molar-refractivity contribution < 1.29 is 4.79 Å². The van der Waals surface area contributed by atoms with E-state index in [0.29, 0.717) is 17.1 Å². The van der Waals surface area contributed by atoms with Crippen LogP contribution in [0.4, 0.5) is 0 Å². The fourth-order valence-corrected chi connectivity index (χ4v) is 2.53. The Morgan fingerprint density at radius 3 is 2.95 bits per heavy atom. The first-order chi connectivity index (χ1) is 9.15. The number of nitrogens with one attached hydrogen (secondary N) is 1. The molecule has 19 heavy (non-hydrogen) atoms. The number of carbonyl (C=O) groups excluding carboxylic acids is 1. The summed E-state index contributed by atoms with van der Waals surface area (Å²) in [6.45, 7) is 1.45. The van der Waals surface area contributed by atoms with Crippen LogP contribution in [-0.4, -0.2) is 22.0 Å². The van der Waals surface area contributed by atoms with Crippen LogP contribution in [0.15, 0.2) is 41.4 Å². The zero-order valence-electron chi connectivity index (χ0n) is 10.1. The average molecular weight is 343 g/mol. The Morgan fingerprint density at radius 1 is 1.42 bits per heavy atom. The number of aromatic nitrogens is 2. The van der Waals surface area contributed by atoms with Crippen molar-refractivity contribution in [3.8, 4) is 0 Å². The zero-order chi connectivity index (χ0) is 13.7. The van der Waals surface area contributed by atoms with Crippen molar-refractivity contribution in [1.29, 1.82) is 0 Å². The lowest BCUT2D eigenvalue weighted by Gasteiger charge is -2.06. The van der Waals surface area contributed by atoms with E-state index in [4.69, 9.17) is 11.6 Å². The topological polar surface area (TPSA) is 46.9 Å². The number of benzene rings is 1. The van der Waals surface area contributed by atoms with E-state index in [1.54, 1.807) is 30.7 Å². The molecule has 2 rings (SSSR count). The van der Waals surface area contributed by atoms with Crippen molar-refractivity contribution in [3.63, 3.8) is 0 Å². The predicted octanol–water partition coefficient (Wildman–Crippen LogP) is 3.12. The number of aryl methyl sites for hydroxylation is 1. The first-order valence-electron chi connectivity index (χ1n) is 5.85. The molecule has 1 heterocycles. The summed E-state index contributed by atoms with van der Waals surface area (Å²) in [5.41, 5.74) is 0.557. The lowest BCUT2D eigenvalue weighted by atomic mass is 10.2. The minimum Gasteiger partial charge on any atom is -0.352 e. The maximum absolute atomic E-state index is 11.9. The molecule has 0 bridgehead atoms. The van der Waals surface area contributed by atoms with Crippen LogP contribution in [0.2, 0.25) is 5.02 Å². The Morgan fingerprint density at radius 2 is 2.26 bits per heavy atom. The van der Waals surface area contributed by atoms with Gasteiger partial charge in [0.2, 0.25) is 0 Å². The third-order valence-electron chi connectivity index (χ3n) is 2.56. The van der Waals surface area contributed by atoms with Crippen LogP contribution in [0.5, 0.6) is 0 Å². The van der Waals surface area contributed by atoms with Crippen LogP contribution in [0.3, 0.4) is 0 Å². The third kappa shape index (κ3) is 4.36. The molecule has 1 aromatic heterocycles. The summed E-state index contributed by atoms with van der Waals surface area (Å²) in [5, 5.41) is 3.40. The standard InChI is InChI=1S/C13H13BrClN3O/c14-11-6-10(7-12(15)8-11)13(19)17-2-1-4-18-5-3-16-9-18/h3,5-9H,1-2,4H2,(H,17,19). The average Bonchev–Trinajstić information content (AvgIpc) is 2.86. The molecule has 2 aromatic rings. The van der Waals surface area contributed by atoms with E-state index >= 15 is 0 Å². The van der Waals surface area contributed by atoms with Crippen molar-refractivity contribution in [2.75, 3.05) is 6.54 Å². The molecule has 0 radical (unpaired) electrons. The lowest BCUT2D eigenvalue weighted by molar-refractivity contribution is 0.0952. The lowest BCUT2D eigenvalue weighted by Crippen LogP contribution is -2.25. The largest absolute Gasteiger partial charge is 0.352 e. The van der Waals surface area contributed by atoms with Gasteiger partial charge in [-0.1, -0.05) is 27.5 Å². The SMILES string of the molecule is O=C(NCCCn1ccnc1)c1cc(Cl)cc(Br)c1. The first-order valence-corrected chi connectivity index (χ1v) is 7.02.